The Labute approximate surface area is 114 Å². The smallest absolute Gasteiger partial charge is 0.132 e. The Morgan fingerprint density at radius 1 is 1.06 bits per heavy atom. The first-order valence-electron chi connectivity index (χ1n) is 5.21. The average molecular weight is 286 g/mol. The lowest BCUT2D eigenvalue weighted by Crippen LogP contribution is -2.00. The van der Waals surface area contributed by atoms with Crippen LogP contribution >= 0.6 is 23.2 Å². The first-order valence-corrected chi connectivity index (χ1v) is 5.97. The van der Waals surface area contributed by atoms with Gasteiger partial charge in [-0.15, -0.1) is 0 Å². The molecule has 0 unspecified atom stereocenters. The van der Waals surface area contributed by atoms with E-state index >= 15 is 0 Å². The molecule has 0 heterocycles. The van der Waals surface area contributed by atoms with Crippen LogP contribution in [0.25, 0.3) is 0 Å². The van der Waals surface area contributed by atoms with Crippen molar-refractivity contribution in [2.75, 3.05) is 0 Å². The standard InChI is InChI=1S/C13H10Cl2FNO/c14-11-3-2-10(6-12(11)15)18-13-4-1-9(16)5-8(13)7-17/h1-6H,7,17H2. The summed E-state index contributed by atoms with van der Waals surface area (Å²) in [7, 11) is 0. The third-order valence-electron chi connectivity index (χ3n) is 2.36. The van der Waals surface area contributed by atoms with E-state index in [1.54, 1.807) is 18.2 Å². The summed E-state index contributed by atoms with van der Waals surface area (Å²) in [4.78, 5) is 0. The predicted octanol–water partition coefficient (Wildman–Crippen LogP) is 4.38. The minimum Gasteiger partial charge on any atom is -0.457 e. The fourth-order valence-corrected chi connectivity index (χ4v) is 1.76. The minimum atomic E-state index is -0.350. The molecular formula is C13H10Cl2FNO. The molecule has 0 radical (unpaired) electrons. The van der Waals surface area contributed by atoms with Gasteiger partial charge < -0.3 is 10.5 Å². The molecule has 0 aromatic heterocycles. The van der Waals surface area contributed by atoms with Crippen LogP contribution in [0.1, 0.15) is 5.56 Å². The van der Waals surface area contributed by atoms with Gasteiger partial charge in [0.25, 0.3) is 0 Å². The lowest BCUT2D eigenvalue weighted by atomic mass is 10.2. The Hall–Kier alpha value is -1.29. The average Bonchev–Trinajstić information content (AvgIpc) is 2.36. The van der Waals surface area contributed by atoms with Gasteiger partial charge in [-0.3, -0.25) is 0 Å². The molecule has 2 aromatic carbocycles. The highest BCUT2D eigenvalue weighted by atomic mass is 35.5. The fraction of sp³-hybridized carbons (Fsp3) is 0.0769. The van der Waals surface area contributed by atoms with Crippen LogP contribution in [0.4, 0.5) is 4.39 Å². The molecule has 0 aliphatic rings. The molecule has 2 rings (SSSR count). The molecule has 0 amide bonds. The van der Waals surface area contributed by atoms with E-state index < -0.39 is 0 Å². The van der Waals surface area contributed by atoms with E-state index in [4.69, 9.17) is 33.7 Å². The van der Waals surface area contributed by atoms with Gasteiger partial charge >= 0.3 is 0 Å². The number of hydrogen-bond acceptors (Lipinski definition) is 2. The van der Waals surface area contributed by atoms with Crippen molar-refractivity contribution in [3.8, 4) is 11.5 Å². The topological polar surface area (TPSA) is 35.2 Å². The molecule has 0 saturated heterocycles. The van der Waals surface area contributed by atoms with Crippen molar-refractivity contribution in [3.63, 3.8) is 0 Å². The zero-order valence-electron chi connectivity index (χ0n) is 9.29. The van der Waals surface area contributed by atoms with Crippen molar-refractivity contribution in [2.45, 2.75) is 6.54 Å². The van der Waals surface area contributed by atoms with Crippen LogP contribution in [-0.2, 0) is 6.54 Å². The van der Waals surface area contributed by atoms with Gasteiger partial charge in [0, 0.05) is 18.2 Å². The number of nitrogens with two attached hydrogens (primary N) is 1. The van der Waals surface area contributed by atoms with Crippen molar-refractivity contribution in [1.29, 1.82) is 0 Å². The van der Waals surface area contributed by atoms with Gasteiger partial charge in [-0.25, -0.2) is 4.39 Å². The number of rotatable bonds is 3. The maximum Gasteiger partial charge on any atom is 0.132 e. The third-order valence-corrected chi connectivity index (χ3v) is 3.10. The Balaban J connectivity index is 2.30. The molecule has 0 atom stereocenters. The molecule has 0 fully saturated rings. The summed E-state index contributed by atoms with van der Waals surface area (Å²) >= 11 is 11.7. The van der Waals surface area contributed by atoms with Crippen LogP contribution in [0.15, 0.2) is 36.4 Å². The summed E-state index contributed by atoms with van der Waals surface area (Å²) in [6.45, 7) is 0.189. The second kappa shape index (κ2) is 5.57. The molecule has 0 aliphatic carbocycles. The van der Waals surface area contributed by atoms with Crippen molar-refractivity contribution in [2.24, 2.45) is 5.73 Å². The number of halogens is 3. The molecule has 0 aliphatic heterocycles. The van der Waals surface area contributed by atoms with Gasteiger partial charge in [0.05, 0.1) is 10.0 Å². The zero-order valence-corrected chi connectivity index (χ0v) is 10.8. The van der Waals surface area contributed by atoms with Crippen LogP contribution < -0.4 is 10.5 Å². The summed E-state index contributed by atoms with van der Waals surface area (Å²) in [5, 5.41) is 0.841. The molecule has 2 N–H and O–H groups in total. The number of benzene rings is 2. The summed E-state index contributed by atoms with van der Waals surface area (Å²) < 4.78 is 18.6. The molecule has 2 nitrogen and oxygen atoms in total. The maximum absolute atomic E-state index is 13.0. The van der Waals surface area contributed by atoms with E-state index in [9.17, 15) is 4.39 Å². The molecule has 0 saturated carbocycles. The van der Waals surface area contributed by atoms with Gasteiger partial charge in [-0.2, -0.15) is 0 Å². The second-order valence-corrected chi connectivity index (χ2v) is 4.45. The molecule has 0 spiro atoms. The second-order valence-electron chi connectivity index (χ2n) is 3.63. The predicted molar refractivity (Wildman–Crippen MR) is 70.8 cm³/mol. The van der Waals surface area contributed by atoms with E-state index in [0.29, 0.717) is 27.1 Å². The fourth-order valence-electron chi connectivity index (χ4n) is 1.47. The van der Waals surface area contributed by atoms with Gasteiger partial charge in [0.1, 0.15) is 17.3 Å². The van der Waals surface area contributed by atoms with E-state index in [1.165, 1.54) is 18.2 Å². The summed E-state index contributed by atoms with van der Waals surface area (Å²) in [5.74, 6) is 0.667. The molecule has 0 bridgehead atoms. The van der Waals surface area contributed by atoms with E-state index in [-0.39, 0.29) is 12.4 Å². The number of ether oxygens (including phenoxy) is 1. The molecule has 5 heteroatoms. The molecule has 18 heavy (non-hydrogen) atoms. The van der Waals surface area contributed by atoms with Gasteiger partial charge in [0.2, 0.25) is 0 Å². The van der Waals surface area contributed by atoms with Crippen molar-refractivity contribution < 1.29 is 9.13 Å². The zero-order chi connectivity index (χ0) is 13.1. The lowest BCUT2D eigenvalue weighted by molar-refractivity contribution is 0.474. The van der Waals surface area contributed by atoms with Gasteiger partial charge in [-0.05, 0) is 30.3 Å². The first-order chi connectivity index (χ1) is 8.60. The largest absolute Gasteiger partial charge is 0.457 e. The Morgan fingerprint density at radius 2 is 1.83 bits per heavy atom. The SMILES string of the molecule is NCc1cc(F)ccc1Oc1ccc(Cl)c(Cl)c1. The third kappa shape index (κ3) is 2.93. The van der Waals surface area contributed by atoms with Crippen LogP contribution in [0, 0.1) is 5.82 Å². The van der Waals surface area contributed by atoms with Crippen LogP contribution in [0.5, 0.6) is 11.5 Å². The highest BCUT2D eigenvalue weighted by Crippen LogP contribution is 2.31. The van der Waals surface area contributed by atoms with E-state index in [2.05, 4.69) is 0 Å². The minimum absolute atomic E-state index is 0.189. The summed E-state index contributed by atoms with van der Waals surface area (Å²) in [6.07, 6.45) is 0. The summed E-state index contributed by atoms with van der Waals surface area (Å²) in [5.41, 5.74) is 6.12. The van der Waals surface area contributed by atoms with Crippen LogP contribution in [0.2, 0.25) is 10.0 Å². The van der Waals surface area contributed by atoms with Crippen molar-refractivity contribution >= 4 is 23.2 Å². The van der Waals surface area contributed by atoms with Gasteiger partial charge in [0.15, 0.2) is 0 Å². The lowest BCUT2D eigenvalue weighted by Gasteiger charge is -2.10. The van der Waals surface area contributed by atoms with E-state index in [0.717, 1.165) is 0 Å². The highest BCUT2D eigenvalue weighted by Gasteiger charge is 2.07. The normalized spacial score (nSPS) is 10.4. The van der Waals surface area contributed by atoms with Gasteiger partial charge in [-0.1, -0.05) is 23.2 Å². The molecule has 94 valence electrons. The quantitative estimate of drug-likeness (QED) is 0.908. The Bertz CT molecular complexity index is 575. The van der Waals surface area contributed by atoms with E-state index in [1.807, 2.05) is 0 Å². The van der Waals surface area contributed by atoms with Crippen molar-refractivity contribution in [1.82, 2.24) is 0 Å². The Morgan fingerprint density at radius 3 is 2.50 bits per heavy atom. The molecule has 2 aromatic rings. The number of hydrogen-bond donors (Lipinski definition) is 1. The maximum atomic E-state index is 13.0. The highest BCUT2D eigenvalue weighted by molar-refractivity contribution is 6.42. The van der Waals surface area contributed by atoms with Crippen molar-refractivity contribution in [3.05, 3.63) is 57.8 Å². The Kier molecular flexibility index (Phi) is 4.07. The summed E-state index contributed by atoms with van der Waals surface area (Å²) in [6, 6.07) is 9.08. The first kappa shape index (κ1) is 13.1. The van der Waals surface area contributed by atoms with Crippen LogP contribution in [0.3, 0.4) is 0 Å². The van der Waals surface area contributed by atoms with Crippen LogP contribution in [-0.4, -0.2) is 0 Å². The molecular weight excluding hydrogens is 276 g/mol. The monoisotopic (exact) mass is 285 g/mol.